The van der Waals surface area contributed by atoms with Crippen LogP contribution in [0.1, 0.15) is 197 Å². The van der Waals surface area contributed by atoms with Crippen molar-refractivity contribution in [3.05, 3.63) is 238 Å². The molecule has 4 fully saturated rings. The van der Waals surface area contributed by atoms with Crippen LogP contribution in [0.5, 0.6) is 0 Å². The Kier molecular flexibility index (Phi) is 32.4. The first-order chi connectivity index (χ1) is 56.1. The van der Waals surface area contributed by atoms with Crippen molar-refractivity contribution < 1.29 is 22.8 Å². The number of hydrogen-bond donors (Lipinski definition) is 0. The van der Waals surface area contributed by atoms with Crippen LogP contribution < -0.4 is 48.8 Å². The summed E-state index contributed by atoms with van der Waals surface area (Å²) in [5, 5.41) is 8.15. The van der Waals surface area contributed by atoms with Gasteiger partial charge in [-0.2, -0.15) is 0 Å². The Balaban J connectivity index is 0.000000157. The van der Waals surface area contributed by atoms with Crippen molar-refractivity contribution in [2.45, 2.75) is 294 Å². The van der Waals surface area contributed by atoms with Crippen molar-refractivity contribution in [3.8, 4) is 56.3 Å². The minimum atomic E-state index is -1.42. The van der Waals surface area contributed by atoms with Gasteiger partial charge in [0.2, 0.25) is 28.5 Å². The van der Waals surface area contributed by atoms with Crippen LogP contribution in [0.2, 0.25) is 98.2 Å². The largest absolute Gasteiger partial charge is 0.212 e. The molecule has 10 aromatic rings. The maximum atomic E-state index is 2.53. The van der Waals surface area contributed by atoms with Crippen LogP contribution in [-0.2, 0) is 48.1 Å². The topological polar surface area (TPSA) is 19.4 Å². The molecule has 0 amide bonds. The van der Waals surface area contributed by atoms with Crippen LogP contribution >= 0.6 is 0 Å². The molecule has 4 saturated carbocycles. The molecule has 14 rings (SSSR count). The average molecular weight is 1680 g/mol. The minimum Gasteiger partial charge on any atom is -0.201 e. The van der Waals surface area contributed by atoms with E-state index in [4.69, 9.17) is 0 Å². The lowest BCUT2D eigenvalue weighted by atomic mass is 9.78. The Morgan fingerprint density at radius 1 is 0.286 bits per heavy atom. The summed E-state index contributed by atoms with van der Waals surface area (Å²) in [5.74, 6) is 4.90. The van der Waals surface area contributed by atoms with E-state index in [1.807, 2.05) is 0 Å². The van der Waals surface area contributed by atoms with Crippen molar-refractivity contribution in [1.29, 1.82) is 0 Å². The highest BCUT2D eigenvalue weighted by molar-refractivity contribution is 6.90. The first kappa shape index (κ1) is 94.2. The molecule has 5 aromatic carbocycles. The van der Waals surface area contributed by atoms with Gasteiger partial charge in [0.1, 0.15) is 35.2 Å². The van der Waals surface area contributed by atoms with Gasteiger partial charge in [0.25, 0.3) is 0 Å². The van der Waals surface area contributed by atoms with Gasteiger partial charge in [-0.1, -0.05) is 292 Å². The molecule has 5 nitrogen and oxygen atoms in total. The molecule has 636 valence electrons. The smallest absolute Gasteiger partial charge is 0.201 e. The molecule has 0 bridgehead atoms. The molecule has 4 aliphatic carbocycles. The fraction of sp³-hybridized carbons (Fsp3) is 0.495. The molecule has 0 spiro atoms. The molecule has 2 unspecified atom stereocenters. The van der Waals surface area contributed by atoms with E-state index in [1.54, 1.807) is 43.0 Å². The highest BCUT2D eigenvalue weighted by Gasteiger charge is 2.36. The zero-order chi connectivity index (χ0) is 86.6. The standard InChI is InChI=1S/C24H36NSi.2C23H34NSi.C22H32NSi.C17H24NSi/c1-18-12-10-11-15-21(18)23-16-24(26(4,5)6)22(17-25(23)3)19(2)20-13-8-7-9-14-20;1-17-11-7-10-14-20(17)22-15-23(25(4,5)6)21(16-24(22)3)18(2)19-12-8-9-13-19;1-18-11-9-10-14-21(18)22-16-23(25(3,4)5)20(17-24(22)2)15-19-12-7-6-8-13-19;1-17-10-6-9-13-20(17)21-15-22(24(3,4)5)19(16-23(21)2)14-18-11-7-8-12-18;1-13-7-8-14(2)16(11-13)17-12-15(19(4,5)6)9-10-18(17)3/h10-12,15-17,19-20H,7-9,13-14H2,1-6H3;7,10-11,14-16,18-19H,8-9,12-13H2,1-6H3;9-11,14,16-17,19H,6-8,12-13,15H2,1-5H3;6,9-10,13,15-16,18H,7-8,11-12,14H2,1-5H3;7-12H,1-6H3/q5*+1. The van der Waals surface area contributed by atoms with Crippen LogP contribution in [0.25, 0.3) is 56.3 Å². The highest BCUT2D eigenvalue weighted by atomic mass is 28.3. The Hall–Kier alpha value is -7.07. The molecule has 0 N–H and O–H groups in total. The van der Waals surface area contributed by atoms with E-state index >= 15 is 0 Å². The Labute approximate surface area is 731 Å². The maximum Gasteiger partial charge on any atom is 0.212 e. The molecule has 119 heavy (non-hydrogen) atoms. The van der Waals surface area contributed by atoms with Crippen molar-refractivity contribution in [3.63, 3.8) is 0 Å². The van der Waals surface area contributed by atoms with Gasteiger partial charge < -0.3 is 0 Å². The lowest BCUT2D eigenvalue weighted by Crippen LogP contribution is -2.46. The molecular formula is C109H160N5Si5+5. The SMILES string of the molecule is Cc1ccc(C)c(-c2cc([Si](C)(C)C)cc[n+]2C)c1.Cc1ccccc1-c1cc([Si](C)(C)C)c(C(C)C2CCCC2)c[n+]1C.Cc1ccccc1-c1cc([Si](C)(C)C)c(C(C)C2CCCCC2)c[n+]1C.Cc1ccccc1-c1cc([Si](C)(C)C)c(CC2CCCC2)c[n+]1C.Cc1ccccc1-c1cc([Si](C)(C)C)c(CC2CCCCC2)c[n+]1C. The van der Waals surface area contributed by atoms with Crippen molar-refractivity contribution in [2.24, 2.45) is 58.9 Å². The Bertz CT molecular complexity index is 5050. The van der Waals surface area contributed by atoms with E-state index < -0.39 is 40.4 Å². The van der Waals surface area contributed by atoms with Crippen LogP contribution in [0.15, 0.2) is 183 Å². The molecule has 0 aliphatic heterocycles. The predicted octanol–water partition coefficient (Wildman–Crippen LogP) is 24.3. The second-order valence-electron chi connectivity index (χ2n) is 42.5. The normalized spacial score (nSPS) is 15.8. The number of aromatic nitrogens is 5. The fourth-order valence-corrected chi connectivity index (χ4v) is 28.1. The quantitative estimate of drug-likeness (QED) is 0.0603. The first-order valence-electron chi connectivity index (χ1n) is 46.5. The van der Waals surface area contributed by atoms with Gasteiger partial charge in [0.15, 0.2) is 31.0 Å². The lowest BCUT2D eigenvalue weighted by molar-refractivity contribution is -0.660. The average Bonchev–Trinajstić information content (AvgIpc) is 1.37. The summed E-state index contributed by atoms with van der Waals surface area (Å²) in [4.78, 5) is 0. The number of hydrogen-bond acceptors (Lipinski definition) is 0. The van der Waals surface area contributed by atoms with Gasteiger partial charge in [-0.3, -0.25) is 0 Å². The number of aryl methyl sites for hydroxylation is 11. The molecule has 0 radical (unpaired) electrons. The van der Waals surface area contributed by atoms with Crippen molar-refractivity contribution >= 4 is 66.3 Å². The summed E-state index contributed by atoms with van der Waals surface area (Å²) in [7, 11) is 4.18. The number of rotatable bonds is 18. The van der Waals surface area contributed by atoms with Crippen LogP contribution in [0, 0.1) is 65.2 Å². The molecule has 2 atom stereocenters. The van der Waals surface area contributed by atoms with E-state index in [1.165, 1.54) is 223 Å². The lowest BCUT2D eigenvalue weighted by Gasteiger charge is -2.31. The minimum absolute atomic E-state index is 0.675. The third kappa shape index (κ3) is 24.7. The van der Waals surface area contributed by atoms with Gasteiger partial charge >= 0.3 is 0 Å². The van der Waals surface area contributed by atoms with E-state index in [-0.39, 0.29) is 0 Å². The van der Waals surface area contributed by atoms with Gasteiger partial charge in [0.05, 0.1) is 40.4 Å². The molecule has 5 heterocycles. The van der Waals surface area contributed by atoms with Crippen LogP contribution in [0.4, 0.5) is 0 Å². The molecule has 4 aliphatic rings. The summed E-state index contributed by atoms with van der Waals surface area (Å²) in [5.41, 5.74) is 28.1. The monoisotopic (exact) mass is 1680 g/mol. The first-order valence-corrected chi connectivity index (χ1v) is 64.0. The van der Waals surface area contributed by atoms with Gasteiger partial charge in [-0.25, -0.2) is 22.8 Å². The second kappa shape index (κ2) is 41.0. The Morgan fingerprint density at radius 2 is 0.571 bits per heavy atom. The third-order valence-corrected chi connectivity index (χ3v) is 37.9. The molecular weight excluding hydrogens is 1520 g/mol. The van der Waals surface area contributed by atoms with Crippen LogP contribution in [-0.4, -0.2) is 40.4 Å². The van der Waals surface area contributed by atoms with Gasteiger partial charge in [-0.15, -0.1) is 0 Å². The van der Waals surface area contributed by atoms with Crippen LogP contribution in [0.3, 0.4) is 0 Å². The van der Waals surface area contributed by atoms with E-state index in [0.717, 1.165) is 23.7 Å². The predicted molar refractivity (Wildman–Crippen MR) is 530 cm³/mol. The summed E-state index contributed by atoms with van der Waals surface area (Å²) in [6.07, 6.45) is 40.2. The van der Waals surface area contributed by atoms with E-state index in [2.05, 4.69) is 394 Å². The maximum absolute atomic E-state index is 2.53. The molecule has 0 saturated heterocycles. The van der Waals surface area contributed by atoms with E-state index in [0.29, 0.717) is 11.8 Å². The fourth-order valence-electron chi connectivity index (χ4n) is 20.1. The van der Waals surface area contributed by atoms with Gasteiger partial charge in [0, 0.05) is 86.5 Å². The summed E-state index contributed by atoms with van der Waals surface area (Å²) >= 11 is 0. The highest BCUT2D eigenvalue weighted by Crippen LogP contribution is 2.40. The molecule has 10 heteroatoms. The third-order valence-electron chi connectivity index (χ3n) is 27.6. The number of pyridine rings is 5. The summed E-state index contributed by atoms with van der Waals surface area (Å²) in [6.45, 7) is 55.3. The van der Waals surface area contributed by atoms with Gasteiger partial charge in [-0.05, 0) is 200 Å². The number of nitrogens with zero attached hydrogens (tertiary/aromatic N) is 5. The molecule has 5 aromatic heterocycles. The Morgan fingerprint density at radius 3 is 0.899 bits per heavy atom. The van der Waals surface area contributed by atoms with E-state index in [9.17, 15) is 0 Å². The zero-order valence-electron chi connectivity index (χ0n) is 80.2. The van der Waals surface area contributed by atoms with Crippen molar-refractivity contribution in [2.75, 3.05) is 0 Å². The summed E-state index contributed by atoms with van der Waals surface area (Å²) < 4.78 is 11.7. The van der Waals surface area contributed by atoms with Crippen molar-refractivity contribution in [1.82, 2.24) is 0 Å². The summed E-state index contributed by atoms with van der Waals surface area (Å²) in [6, 6.07) is 56.5. The zero-order valence-corrected chi connectivity index (χ0v) is 85.2. The second-order valence-corrected chi connectivity index (χ2v) is 67.7. The number of benzene rings is 5.